The molecule has 3 heteroatoms. The van der Waals surface area contributed by atoms with E-state index in [0.29, 0.717) is 5.92 Å². The first-order valence-electron chi connectivity index (χ1n) is 24.7. The first-order valence-corrected chi connectivity index (χ1v) is 24.7. The maximum atomic E-state index is 6.70. The van der Waals surface area contributed by atoms with Crippen molar-refractivity contribution in [2.45, 2.75) is 63.8 Å². The van der Waals surface area contributed by atoms with E-state index in [1.165, 1.54) is 78.2 Å². The summed E-state index contributed by atoms with van der Waals surface area (Å²) >= 11 is 0. The van der Waals surface area contributed by atoms with Crippen LogP contribution in [-0.2, 0) is 5.41 Å². The van der Waals surface area contributed by atoms with Crippen LogP contribution in [0.4, 0.5) is 22.7 Å². The number of fused-ring (bicyclic) bond motifs is 5. The number of anilines is 4. The van der Waals surface area contributed by atoms with Crippen molar-refractivity contribution in [3.8, 4) is 33.4 Å². The average molecular weight is 893 g/mol. The molecule has 8 aromatic rings. The zero-order valence-corrected chi connectivity index (χ0v) is 39.6. The molecule has 0 spiro atoms. The minimum atomic E-state index is -0.271. The van der Waals surface area contributed by atoms with E-state index in [0.717, 1.165) is 54.3 Å². The van der Waals surface area contributed by atoms with Crippen molar-refractivity contribution < 1.29 is 4.42 Å². The topological polar surface area (TPSA) is 19.6 Å². The lowest BCUT2D eigenvalue weighted by molar-refractivity contribution is 0.430. The maximum absolute atomic E-state index is 6.70. The highest BCUT2D eigenvalue weighted by molar-refractivity contribution is 5.89. The van der Waals surface area contributed by atoms with Crippen LogP contribution < -0.4 is 9.80 Å². The Balaban J connectivity index is 0.857. The SMILES string of the molecule is CC1CC=Cc2oc3c(c21)-c1ccc(N(c2ccc(C4=CCC(N(C5=CC=C(c6ccccc6)CC5)c5ccc(-c6ccccc6)cc5)C=C4)cc2)c2ccc(-c4ccccc4)cc2)cc1C3(C)C. The molecule has 0 saturated heterocycles. The van der Waals surface area contributed by atoms with Gasteiger partial charge in [0.2, 0.25) is 0 Å². The molecule has 0 N–H and O–H groups in total. The van der Waals surface area contributed by atoms with Crippen molar-refractivity contribution in [3.63, 3.8) is 0 Å². The fourth-order valence-corrected chi connectivity index (χ4v) is 11.2. The molecule has 2 unspecified atom stereocenters. The van der Waals surface area contributed by atoms with Gasteiger partial charge in [-0.1, -0.05) is 171 Å². The van der Waals surface area contributed by atoms with Crippen LogP contribution in [0.15, 0.2) is 229 Å². The Morgan fingerprint density at radius 2 is 1.10 bits per heavy atom. The molecule has 0 radical (unpaired) electrons. The van der Waals surface area contributed by atoms with E-state index >= 15 is 0 Å². The molecule has 7 aromatic carbocycles. The van der Waals surface area contributed by atoms with E-state index in [4.69, 9.17) is 4.42 Å². The lowest BCUT2D eigenvalue weighted by Crippen LogP contribution is -2.34. The van der Waals surface area contributed by atoms with Gasteiger partial charge >= 0.3 is 0 Å². The second kappa shape index (κ2) is 17.6. The van der Waals surface area contributed by atoms with Gasteiger partial charge in [0.05, 0.1) is 6.04 Å². The fourth-order valence-electron chi connectivity index (χ4n) is 11.2. The van der Waals surface area contributed by atoms with Gasteiger partial charge in [0.15, 0.2) is 0 Å². The van der Waals surface area contributed by atoms with E-state index in [-0.39, 0.29) is 11.5 Å². The van der Waals surface area contributed by atoms with E-state index in [9.17, 15) is 0 Å². The van der Waals surface area contributed by atoms with Gasteiger partial charge in [-0.15, -0.1) is 0 Å². The van der Waals surface area contributed by atoms with Crippen LogP contribution in [0, 0.1) is 0 Å². The molecule has 0 bridgehead atoms. The summed E-state index contributed by atoms with van der Waals surface area (Å²) in [6.45, 7) is 6.97. The number of nitrogens with zero attached hydrogens (tertiary/aromatic N) is 2. The number of furan rings is 1. The third-order valence-corrected chi connectivity index (χ3v) is 14.9. The quantitative estimate of drug-likeness (QED) is 0.136. The minimum absolute atomic E-state index is 0.189. The van der Waals surface area contributed by atoms with Crippen LogP contribution >= 0.6 is 0 Å². The number of hydrogen-bond acceptors (Lipinski definition) is 3. The largest absolute Gasteiger partial charge is 0.460 e. The zero-order valence-electron chi connectivity index (χ0n) is 39.6. The van der Waals surface area contributed by atoms with Gasteiger partial charge in [-0.05, 0) is 162 Å². The van der Waals surface area contributed by atoms with Crippen LogP contribution in [0.25, 0.3) is 50.6 Å². The van der Waals surface area contributed by atoms with Crippen molar-refractivity contribution in [1.82, 2.24) is 0 Å². The van der Waals surface area contributed by atoms with Gasteiger partial charge < -0.3 is 14.2 Å². The third-order valence-electron chi connectivity index (χ3n) is 14.9. The van der Waals surface area contributed by atoms with Crippen molar-refractivity contribution in [1.29, 1.82) is 0 Å². The van der Waals surface area contributed by atoms with Crippen LogP contribution in [-0.4, -0.2) is 6.04 Å². The molecule has 4 aliphatic carbocycles. The van der Waals surface area contributed by atoms with Gasteiger partial charge in [0, 0.05) is 45.0 Å². The molecule has 3 nitrogen and oxygen atoms in total. The Kier molecular flexibility index (Phi) is 10.9. The molecule has 0 amide bonds. The molecule has 1 heterocycles. The highest BCUT2D eigenvalue weighted by atomic mass is 16.3. The Morgan fingerprint density at radius 1 is 0.536 bits per heavy atom. The summed E-state index contributed by atoms with van der Waals surface area (Å²) in [4.78, 5) is 4.98. The molecular formula is C66H56N2O. The number of hydrogen-bond donors (Lipinski definition) is 0. The van der Waals surface area contributed by atoms with E-state index < -0.39 is 0 Å². The molecule has 1 aromatic heterocycles. The fraction of sp³-hybridized carbons (Fsp3) is 0.152. The summed E-state index contributed by atoms with van der Waals surface area (Å²) in [6.07, 6.45) is 20.2. The first-order chi connectivity index (χ1) is 33.9. The molecular weight excluding hydrogens is 837 g/mol. The van der Waals surface area contributed by atoms with Gasteiger partial charge in [-0.2, -0.15) is 0 Å². The van der Waals surface area contributed by atoms with E-state index in [2.05, 4.69) is 255 Å². The van der Waals surface area contributed by atoms with Crippen molar-refractivity contribution in [2.75, 3.05) is 9.80 Å². The van der Waals surface area contributed by atoms with Crippen molar-refractivity contribution >= 4 is 40.0 Å². The zero-order chi connectivity index (χ0) is 46.5. The van der Waals surface area contributed by atoms with Gasteiger partial charge in [-0.3, -0.25) is 0 Å². The number of benzene rings is 7. The molecule has 12 rings (SSSR count). The van der Waals surface area contributed by atoms with E-state index in [1.54, 1.807) is 0 Å². The van der Waals surface area contributed by atoms with Crippen LogP contribution in [0.5, 0.6) is 0 Å². The first kappa shape index (κ1) is 42.5. The summed E-state index contributed by atoms with van der Waals surface area (Å²) in [5.41, 5.74) is 21.0. The highest BCUT2D eigenvalue weighted by Gasteiger charge is 2.43. The highest BCUT2D eigenvalue weighted by Crippen LogP contribution is 2.56. The number of allylic oxidation sites excluding steroid dienone is 7. The van der Waals surface area contributed by atoms with Gasteiger partial charge in [-0.25, -0.2) is 0 Å². The average Bonchev–Trinajstić information content (AvgIpc) is 3.91. The summed E-state index contributed by atoms with van der Waals surface area (Å²) in [7, 11) is 0. The lowest BCUT2D eigenvalue weighted by atomic mass is 9.85. The molecule has 0 fully saturated rings. The Labute approximate surface area is 407 Å². The number of rotatable bonds is 10. The minimum Gasteiger partial charge on any atom is -0.460 e. The predicted molar refractivity (Wildman–Crippen MR) is 290 cm³/mol. The Hall–Kier alpha value is -7.88. The second-order valence-corrected chi connectivity index (χ2v) is 19.6. The maximum Gasteiger partial charge on any atom is 0.130 e. The monoisotopic (exact) mass is 892 g/mol. The van der Waals surface area contributed by atoms with Crippen LogP contribution in [0.3, 0.4) is 0 Å². The smallest absolute Gasteiger partial charge is 0.130 e. The summed E-state index contributed by atoms with van der Waals surface area (Å²) in [6, 6.07) is 66.7. The Morgan fingerprint density at radius 3 is 1.68 bits per heavy atom. The van der Waals surface area contributed by atoms with Crippen LogP contribution in [0.1, 0.15) is 86.1 Å². The lowest BCUT2D eigenvalue weighted by Gasteiger charge is -2.36. The standard InChI is InChI=1S/C66H56N2O/c1-45-14-13-21-62-63(45)64-60-43-42-59(44-61(60)66(2,3)65(64)69-62)68(57-38-26-51(27-39-57)48-19-11-6-12-20-48)58-40-30-53(31-41-58)52-28-36-56(37-29-52)67(54-32-22-49(23-33-54)46-15-7-4-8-16-46)55-34-24-50(25-35-55)47-17-9-5-10-18-47/h4-13,15-24,26-34,36,38-45,56H,14,25,35,37H2,1-3H3. The molecule has 2 atom stereocenters. The molecule has 0 saturated carbocycles. The van der Waals surface area contributed by atoms with Crippen molar-refractivity contribution in [3.05, 3.63) is 258 Å². The van der Waals surface area contributed by atoms with Crippen molar-refractivity contribution in [2.24, 2.45) is 0 Å². The molecule has 69 heavy (non-hydrogen) atoms. The van der Waals surface area contributed by atoms with Crippen LogP contribution in [0.2, 0.25) is 0 Å². The summed E-state index contributed by atoms with van der Waals surface area (Å²) in [5, 5.41) is 0. The second-order valence-electron chi connectivity index (χ2n) is 19.6. The van der Waals surface area contributed by atoms with Gasteiger partial charge in [0.1, 0.15) is 11.5 Å². The normalized spacial score (nSPS) is 17.5. The molecule has 4 aliphatic rings. The van der Waals surface area contributed by atoms with Gasteiger partial charge in [0.25, 0.3) is 0 Å². The van der Waals surface area contributed by atoms with E-state index in [1.807, 2.05) is 0 Å². The predicted octanol–water partition coefficient (Wildman–Crippen LogP) is 17.9. The third kappa shape index (κ3) is 7.82. The Bertz CT molecular complexity index is 3330. The molecule has 336 valence electrons. The summed E-state index contributed by atoms with van der Waals surface area (Å²) in [5.74, 6) is 2.54. The molecule has 0 aliphatic heterocycles. The summed E-state index contributed by atoms with van der Waals surface area (Å²) < 4.78 is 6.70.